The van der Waals surface area contributed by atoms with Crippen LogP contribution in [0.4, 0.5) is 14.5 Å². The van der Waals surface area contributed by atoms with Gasteiger partial charge in [-0.3, -0.25) is 14.2 Å². The van der Waals surface area contributed by atoms with Crippen LogP contribution in [-0.2, 0) is 4.79 Å². The molecule has 1 amide bonds. The molecular weight excluding hydrogens is 602 g/mol. The molecule has 0 radical (unpaired) electrons. The minimum atomic E-state index is -0.833. The molecule has 1 aromatic heterocycles. The van der Waals surface area contributed by atoms with Gasteiger partial charge in [0.05, 0.1) is 22.3 Å². The fourth-order valence-electron chi connectivity index (χ4n) is 6.71. The summed E-state index contributed by atoms with van der Waals surface area (Å²) in [6.45, 7) is 14.9. The third-order valence-electron chi connectivity index (χ3n) is 8.99. The normalized spacial score (nSPS) is 19.4. The minimum Gasteiger partial charge on any atom is -0.488 e. The number of ether oxygens (including phenoxy) is 1. The first-order valence-corrected chi connectivity index (χ1v) is 15.3. The zero-order chi connectivity index (χ0) is 31.8. The average Bonchev–Trinajstić information content (AvgIpc) is 3.00. The molecule has 3 aliphatic rings. The Hall–Kier alpha value is -4.45. The van der Waals surface area contributed by atoms with E-state index in [2.05, 4.69) is 22.4 Å². The topological polar surface area (TPSA) is 86.2 Å². The van der Waals surface area contributed by atoms with E-state index in [-0.39, 0.29) is 72.2 Å². The number of nitriles is 1. The number of amides is 1. The van der Waals surface area contributed by atoms with Gasteiger partial charge in [0.1, 0.15) is 35.9 Å². The van der Waals surface area contributed by atoms with Crippen molar-refractivity contribution in [2.24, 2.45) is 0 Å². The first-order valence-electron chi connectivity index (χ1n) is 14.9. The number of piperazine rings is 1. The first-order chi connectivity index (χ1) is 21.8. The maximum absolute atomic E-state index is 15.2. The number of hydrogen-bond acceptors (Lipinski definition) is 6. The van der Waals surface area contributed by atoms with E-state index in [1.54, 1.807) is 15.5 Å². The number of carbonyl (C=O) groups excluding carboxylic acids is 1. The summed E-state index contributed by atoms with van der Waals surface area (Å²) in [6.07, 6.45) is 3.81. The zero-order valence-corrected chi connectivity index (χ0v) is 25.3. The predicted octanol–water partition coefficient (Wildman–Crippen LogP) is 5.01. The lowest BCUT2D eigenvalue weighted by atomic mass is 9.96. The number of benzene rings is 2. The van der Waals surface area contributed by atoms with Crippen LogP contribution >= 0.6 is 11.6 Å². The van der Waals surface area contributed by atoms with E-state index < -0.39 is 23.2 Å². The van der Waals surface area contributed by atoms with Gasteiger partial charge in [0, 0.05) is 42.2 Å². The maximum atomic E-state index is 15.2. The first kappa shape index (κ1) is 30.6. The third-order valence-corrected chi connectivity index (χ3v) is 9.29. The molecule has 0 spiro atoms. The second kappa shape index (κ2) is 12.5. The van der Waals surface area contributed by atoms with Crippen LogP contribution in [0.3, 0.4) is 0 Å². The summed E-state index contributed by atoms with van der Waals surface area (Å²) in [5.41, 5.74) is 0.338. The molecule has 12 heteroatoms. The SMILES string of the molecule is [C-]#[N+]C[C@H]1CN(c2c(C#N)c(=O)n3c4c(c(-c5ccc(F)cc5F)c(Cl)cc24)OCC3CCCN2CCC2)CCN1C(=O)C=C. The van der Waals surface area contributed by atoms with Gasteiger partial charge in [0.25, 0.3) is 5.56 Å². The van der Waals surface area contributed by atoms with Crippen molar-refractivity contribution in [3.8, 4) is 22.9 Å². The number of pyridine rings is 1. The Bertz CT molecular complexity index is 1840. The standard InChI is InChI=1S/C33H31ClF2N6O3/c1-3-28(43)41-13-12-40(18-22(41)17-38-2)30-24-15-26(34)29(23-8-7-20(35)14-27(23)36)32-31(24)42(33(44)25(30)16-37)21(19-45-32)6-4-9-39-10-5-11-39/h3,7-8,14-15,21-22H,1,4-6,9-13,17-19H2/t21?,22-/m0/s1. The van der Waals surface area contributed by atoms with Crippen LogP contribution < -0.4 is 15.2 Å². The molecule has 3 aromatic rings. The largest absolute Gasteiger partial charge is 0.488 e. The molecule has 2 aromatic carbocycles. The summed E-state index contributed by atoms with van der Waals surface area (Å²) in [4.78, 5) is 36.1. The summed E-state index contributed by atoms with van der Waals surface area (Å²) in [5.74, 6) is -1.70. The van der Waals surface area contributed by atoms with Crippen LogP contribution in [0.5, 0.6) is 5.75 Å². The van der Waals surface area contributed by atoms with Crippen molar-refractivity contribution in [2.45, 2.75) is 31.3 Å². The quantitative estimate of drug-likeness (QED) is 0.256. The third kappa shape index (κ3) is 5.41. The highest BCUT2D eigenvalue weighted by molar-refractivity contribution is 6.35. The Morgan fingerprint density at radius 3 is 2.69 bits per heavy atom. The van der Waals surface area contributed by atoms with E-state index in [0.29, 0.717) is 23.0 Å². The molecule has 2 atom stereocenters. The van der Waals surface area contributed by atoms with E-state index in [1.807, 2.05) is 4.90 Å². The second-order valence-electron chi connectivity index (χ2n) is 11.6. The van der Waals surface area contributed by atoms with E-state index in [9.17, 15) is 19.2 Å². The fourth-order valence-corrected chi connectivity index (χ4v) is 7.00. The molecule has 1 unspecified atom stereocenters. The highest BCUT2D eigenvalue weighted by Gasteiger charge is 2.37. The van der Waals surface area contributed by atoms with Crippen molar-refractivity contribution in [1.82, 2.24) is 14.4 Å². The molecule has 2 saturated heterocycles. The Kier molecular flexibility index (Phi) is 8.50. The van der Waals surface area contributed by atoms with Crippen LogP contribution in [-0.4, -0.2) is 78.7 Å². The number of rotatable bonds is 8. The summed E-state index contributed by atoms with van der Waals surface area (Å²) < 4.78 is 37.0. The van der Waals surface area contributed by atoms with Crippen LogP contribution in [0.25, 0.3) is 26.9 Å². The Labute approximate surface area is 264 Å². The van der Waals surface area contributed by atoms with Crippen LogP contribution in [0.2, 0.25) is 5.02 Å². The summed E-state index contributed by atoms with van der Waals surface area (Å²) in [6, 6.07) is 6.02. The smallest absolute Gasteiger partial charge is 0.271 e. The molecule has 45 heavy (non-hydrogen) atoms. The van der Waals surface area contributed by atoms with Crippen LogP contribution in [0.1, 0.15) is 30.9 Å². The molecule has 0 bridgehead atoms. The van der Waals surface area contributed by atoms with Crippen molar-refractivity contribution in [1.29, 1.82) is 5.26 Å². The van der Waals surface area contributed by atoms with E-state index in [0.717, 1.165) is 38.2 Å². The van der Waals surface area contributed by atoms with Gasteiger partial charge < -0.3 is 24.3 Å². The molecule has 9 nitrogen and oxygen atoms in total. The van der Waals surface area contributed by atoms with E-state index in [4.69, 9.17) is 22.9 Å². The fraction of sp³-hybridized carbons (Fsp3) is 0.394. The molecular formula is C33H31ClF2N6O3. The lowest BCUT2D eigenvalue weighted by Crippen LogP contribution is -2.56. The van der Waals surface area contributed by atoms with Crippen molar-refractivity contribution in [2.75, 3.05) is 57.3 Å². The van der Waals surface area contributed by atoms with Gasteiger partial charge in [-0.15, -0.1) is 0 Å². The second-order valence-corrected chi connectivity index (χ2v) is 12.0. The van der Waals surface area contributed by atoms with Crippen molar-refractivity contribution in [3.63, 3.8) is 0 Å². The minimum absolute atomic E-state index is 0.0214. The van der Waals surface area contributed by atoms with Gasteiger partial charge in [-0.05, 0) is 63.2 Å². The molecule has 2 fully saturated rings. The predicted molar refractivity (Wildman–Crippen MR) is 167 cm³/mol. The van der Waals surface area contributed by atoms with Crippen molar-refractivity contribution in [3.05, 3.63) is 80.9 Å². The zero-order valence-electron chi connectivity index (χ0n) is 24.6. The number of nitrogens with zero attached hydrogens (tertiary/aromatic N) is 6. The molecule has 0 saturated carbocycles. The van der Waals surface area contributed by atoms with Crippen molar-refractivity contribution >= 4 is 34.1 Å². The maximum Gasteiger partial charge on any atom is 0.271 e. The van der Waals surface area contributed by atoms with E-state index in [1.165, 1.54) is 18.6 Å². The molecule has 6 rings (SSSR count). The van der Waals surface area contributed by atoms with Crippen LogP contribution in [0.15, 0.2) is 41.7 Å². The van der Waals surface area contributed by atoms with Crippen LogP contribution in [0, 0.1) is 29.5 Å². The molecule has 3 aliphatic heterocycles. The number of halogens is 3. The Balaban J connectivity index is 1.55. The van der Waals surface area contributed by atoms with E-state index >= 15 is 4.39 Å². The number of hydrogen-bond donors (Lipinski definition) is 0. The average molecular weight is 633 g/mol. The Morgan fingerprint density at radius 2 is 2.02 bits per heavy atom. The van der Waals surface area contributed by atoms with Crippen molar-refractivity contribution < 1.29 is 18.3 Å². The summed E-state index contributed by atoms with van der Waals surface area (Å²) >= 11 is 6.86. The number of likely N-dealkylation sites (tertiary alicyclic amines) is 1. The molecule has 232 valence electrons. The van der Waals surface area contributed by atoms with Gasteiger partial charge in [-0.25, -0.2) is 15.4 Å². The molecule has 4 heterocycles. The molecule has 0 aliphatic carbocycles. The monoisotopic (exact) mass is 632 g/mol. The number of carbonyl (C=O) groups is 1. The number of anilines is 1. The van der Waals surface area contributed by atoms with Gasteiger partial charge in [0.2, 0.25) is 12.5 Å². The molecule has 0 N–H and O–H groups in total. The lowest BCUT2D eigenvalue weighted by molar-refractivity contribution is -0.128. The summed E-state index contributed by atoms with van der Waals surface area (Å²) in [7, 11) is 0. The highest BCUT2D eigenvalue weighted by atomic mass is 35.5. The number of aromatic nitrogens is 1. The van der Waals surface area contributed by atoms with Gasteiger partial charge in [0.15, 0.2) is 5.75 Å². The van der Waals surface area contributed by atoms with Gasteiger partial charge in [-0.1, -0.05) is 18.2 Å². The Morgan fingerprint density at radius 1 is 1.22 bits per heavy atom. The lowest BCUT2D eigenvalue weighted by Gasteiger charge is -2.41. The summed E-state index contributed by atoms with van der Waals surface area (Å²) in [5, 5.41) is 11.0. The van der Waals surface area contributed by atoms with Gasteiger partial charge >= 0.3 is 0 Å². The highest BCUT2D eigenvalue weighted by Crippen LogP contribution is 2.48. The van der Waals surface area contributed by atoms with Gasteiger partial charge in [-0.2, -0.15) is 5.26 Å².